The Hall–Kier alpha value is -2.41. The standard InChI is InChI=1S/C14H10ClF3N2O2/c15-11-7-10(4-5-12(11)21)20-13(22)19-9-3-1-2-8(6-9)14(16,17)18/h1-7,21H,(H2,19,20,22). The lowest BCUT2D eigenvalue weighted by Gasteiger charge is -2.11. The molecule has 0 bridgehead atoms. The Kier molecular flexibility index (Phi) is 4.46. The van der Waals surface area contributed by atoms with Crippen LogP contribution in [0.15, 0.2) is 42.5 Å². The Bertz CT molecular complexity index is 705. The molecule has 2 aromatic rings. The number of aromatic hydroxyl groups is 1. The first-order chi connectivity index (χ1) is 10.3. The lowest BCUT2D eigenvalue weighted by molar-refractivity contribution is -0.137. The highest BCUT2D eigenvalue weighted by molar-refractivity contribution is 6.32. The molecular formula is C14H10ClF3N2O2. The van der Waals surface area contributed by atoms with Gasteiger partial charge in [-0.3, -0.25) is 0 Å². The molecule has 0 saturated carbocycles. The average Bonchev–Trinajstić information content (AvgIpc) is 2.42. The van der Waals surface area contributed by atoms with Crippen LogP contribution in [-0.4, -0.2) is 11.1 Å². The van der Waals surface area contributed by atoms with Gasteiger partial charge in [0.15, 0.2) is 0 Å². The zero-order valence-corrected chi connectivity index (χ0v) is 11.7. The zero-order chi connectivity index (χ0) is 16.3. The Balaban J connectivity index is 2.07. The minimum absolute atomic E-state index is 0.00259. The molecule has 4 nitrogen and oxygen atoms in total. The molecule has 0 spiro atoms. The summed E-state index contributed by atoms with van der Waals surface area (Å²) in [5.41, 5.74) is -0.581. The van der Waals surface area contributed by atoms with Crippen molar-refractivity contribution in [2.24, 2.45) is 0 Å². The highest BCUT2D eigenvalue weighted by Crippen LogP contribution is 2.31. The molecule has 0 unspecified atom stereocenters. The molecule has 0 heterocycles. The van der Waals surface area contributed by atoms with Crippen LogP contribution < -0.4 is 10.6 Å². The minimum atomic E-state index is -4.49. The average molecular weight is 331 g/mol. The fraction of sp³-hybridized carbons (Fsp3) is 0.0714. The van der Waals surface area contributed by atoms with Gasteiger partial charge >= 0.3 is 12.2 Å². The lowest BCUT2D eigenvalue weighted by atomic mass is 10.2. The Morgan fingerprint density at radius 1 is 1.05 bits per heavy atom. The van der Waals surface area contributed by atoms with E-state index in [2.05, 4.69) is 10.6 Å². The molecular weight excluding hydrogens is 321 g/mol. The molecule has 0 fully saturated rings. The molecule has 0 aliphatic heterocycles. The van der Waals surface area contributed by atoms with Crippen molar-refractivity contribution in [3.05, 3.63) is 53.1 Å². The number of carbonyl (C=O) groups is 1. The van der Waals surface area contributed by atoms with Crippen LogP contribution in [0.5, 0.6) is 5.75 Å². The second kappa shape index (κ2) is 6.15. The lowest BCUT2D eigenvalue weighted by Crippen LogP contribution is -2.19. The maximum atomic E-state index is 12.6. The Morgan fingerprint density at radius 3 is 2.27 bits per heavy atom. The largest absolute Gasteiger partial charge is 0.506 e. The summed E-state index contributed by atoms with van der Waals surface area (Å²) in [5, 5.41) is 14.0. The van der Waals surface area contributed by atoms with Crippen molar-refractivity contribution in [1.29, 1.82) is 0 Å². The van der Waals surface area contributed by atoms with Gasteiger partial charge in [0.2, 0.25) is 0 Å². The fourth-order valence-corrected chi connectivity index (χ4v) is 1.83. The van der Waals surface area contributed by atoms with Gasteiger partial charge in [-0.1, -0.05) is 17.7 Å². The van der Waals surface area contributed by atoms with E-state index < -0.39 is 17.8 Å². The number of anilines is 2. The number of halogens is 4. The summed E-state index contributed by atoms with van der Waals surface area (Å²) in [7, 11) is 0. The van der Waals surface area contributed by atoms with E-state index in [1.165, 1.54) is 30.3 Å². The third-order valence-corrected chi connectivity index (χ3v) is 2.96. The third-order valence-electron chi connectivity index (χ3n) is 2.65. The molecule has 0 aromatic heterocycles. The highest BCUT2D eigenvalue weighted by Gasteiger charge is 2.30. The van der Waals surface area contributed by atoms with Gasteiger partial charge in [0.1, 0.15) is 5.75 Å². The number of amides is 2. The monoisotopic (exact) mass is 330 g/mol. The van der Waals surface area contributed by atoms with Gasteiger partial charge in [-0.2, -0.15) is 13.2 Å². The minimum Gasteiger partial charge on any atom is -0.506 e. The Labute approximate surface area is 128 Å². The van der Waals surface area contributed by atoms with E-state index in [1.807, 2.05) is 0 Å². The summed E-state index contributed by atoms with van der Waals surface area (Å²) < 4.78 is 37.7. The summed E-state index contributed by atoms with van der Waals surface area (Å²) in [6, 6.07) is 7.50. The maximum absolute atomic E-state index is 12.6. The number of benzene rings is 2. The van der Waals surface area contributed by atoms with Crippen LogP contribution in [0.4, 0.5) is 29.3 Å². The molecule has 0 aliphatic carbocycles. The number of carbonyl (C=O) groups excluding carboxylic acids is 1. The van der Waals surface area contributed by atoms with Crippen molar-refractivity contribution < 1.29 is 23.1 Å². The van der Waals surface area contributed by atoms with Gasteiger partial charge in [-0.25, -0.2) is 4.79 Å². The summed E-state index contributed by atoms with van der Waals surface area (Å²) in [4.78, 5) is 11.7. The number of hydrogen-bond donors (Lipinski definition) is 3. The quantitative estimate of drug-likeness (QED) is 0.698. The molecule has 8 heteroatoms. The fourth-order valence-electron chi connectivity index (χ4n) is 1.65. The van der Waals surface area contributed by atoms with Gasteiger partial charge < -0.3 is 15.7 Å². The zero-order valence-electron chi connectivity index (χ0n) is 10.9. The third kappa shape index (κ3) is 4.05. The van der Waals surface area contributed by atoms with Gasteiger partial charge in [0.05, 0.1) is 10.6 Å². The van der Waals surface area contributed by atoms with E-state index in [-0.39, 0.29) is 22.1 Å². The summed E-state index contributed by atoms with van der Waals surface area (Å²) in [5.74, 6) is -0.148. The number of alkyl halides is 3. The van der Waals surface area contributed by atoms with Gasteiger partial charge in [-0.15, -0.1) is 0 Å². The number of phenolic OH excluding ortho intramolecular Hbond substituents is 1. The second-order valence-electron chi connectivity index (χ2n) is 4.32. The molecule has 2 aromatic carbocycles. The van der Waals surface area contributed by atoms with Crippen LogP contribution in [0.3, 0.4) is 0 Å². The van der Waals surface area contributed by atoms with E-state index in [9.17, 15) is 23.1 Å². The first kappa shape index (κ1) is 16.0. The highest BCUT2D eigenvalue weighted by atomic mass is 35.5. The van der Waals surface area contributed by atoms with Crippen LogP contribution in [0.1, 0.15) is 5.56 Å². The molecule has 0 saturated heterocycles. The summed E-state index contributed by atoms with van der Waals surface area (Å²) in [6.07, 6.45) is -4.49. The molecule has 2 amide bonds. The summed E-state index contributed by atoms with van der Waals surface area (Å²) >= 11 is 5.68. The van der Waals surface area contributed by atoms with Crippen LogP contribution in [0.25, 0.3) is 0 Å². The van der Waals surface area contributed by atoms with E-state index in [1.54, 1.807) is 0 Å². The van der Waals surface area contributed by atoms with E-state index in [4.69, 9.17) is 11.6 Å². The van der Waals surface area contributed by atoms with Crippen molar-refractivity contribution in [1.82, 2.24) is 0 Å². The number of nitrogens with one attached hydrogen (secondary N) is 2. The van der Waals surface area contributed by atoms with Gasteiger partial charge in [-0.05, 0) is 36.4 Å². The first-order valence-corrected chi connectivity index (χ1v) is 6.37. The summed E-state index contributed by atoms with van der Waals surface area (Å²) in [6.45, 7) is 0. The topological polar surface area (TPSA) is 61.4 Å². The van der Waals surface area contributed by atoms with Crippen LogP contribution >= 0.6 is 11.6 Å². The predicted molar refractivity (Wildman–Crippen MR) is 77.2 cm³/mol. The number of urea groups is 1. The number of hydrogen-bond acceptors (Lipinski definition) is 2. The van der Waals surface area contributed by atoms with Crippen LogP contribution in [0, 0.1) is 0 Å². The van der Waals surface area contributed by atoms with E-state index >= 15 is 0 Å². The molecule has 0 atom stereocenters. The van der Waals surface area contributed by atoms with Gasteiger partial charge in [0.25, 0.3) is 0 Å². The molecule has 0 aliphatic rings. The molecule has 116 valence electrons. The SMILES string of the molecule is O=C(Nc1cccc(C(F)(F)F)c1)Nc1ccc(O)c(Cl)c1. The first-order valence-electron chi connectivity index (χ1n) is 5.99. The molecule has 3 N–H and O–H groups in total. The number of rotatable bonds is 2. The smallest absolute Gasteiger partial charge is 0.416 e. The Morgan fingerprint density at radius 2 is 1.68 bits per heavy atom. The maximum Gasteiger partial charge on any atom is 0.416 e. The normalized spacial score (nSPS) is 11.1. The van der Waals surface area contributed by atoms with Crippen molar-refractivity contribution in [2.75, 3.05) is 10.6 Å². The van der Waals surface area contributed by atoms with Gasteiger partial charge in [0, 0.05) is 11.4 Å². The van der Waals surface area contributed by atoms with Crippen molar-refractivity contribution >= 4 is 29.0 Å². The number of phenols is 1. The predicted octanol–water partition coefficient (Wildman–Crippen LogP) is 4.71. The van der Waals surface area contributed by atoms with Crippen LogP contribution in [-0.2, 0) is 6.18 Å². The molecule has 2 rings (SSSR count). The van der Waals surface area contributed by atoms with Crippen molar-refractivity contribution in [3.63, 3.8) is 0 Å². The second-order valence-corrected chi connectivity index (χ2v) is 4.73. The van der Waals surface area contributed by atoms with E-state index in [0.717, 1.165) is 12.1 Å². The van der Waals surface area contributed by atoms with Crippen molar-refractivity contribution in [3.8, 4) is 5.75 Å². The molecule has 0 radical (unpaired) electrons. The van der Waals surface area contributed by atoms with E-state index in [0.29, 0.717) is 0 Å². The molecule has 22 heavy (non-hydrogen) atoms. The van der Waals surface area contributed by atoms with Crippen molar-refractivity contribution in [2.45, 2.75) is 6.18 Å². The van der Waals surface area contributed by atoms with Crippen LogP contribution in [0.2, 0.25) is 5.02 Å².